The molecule has 2 aromatic carbocycles. The van der Waals surface area contributed by atoms with E-state index in [9.17, 15) is 9.59 Å². The number of benzene rings is 2. The Kier molecular flexibility index (Phi) is 5.07. The van der Waals surface area contributed by atoms with Crippen LogP contribution in [0.5, 0.6) is 0 Å². The maximum atomic E-state index is 12.9. The largest absolute Gasteiger partial charge is 0.340 e. The van der Waals surface area contributed by atoms with Gasteiger partial charge >= 0.3 is 0 Å². The Morgan fingerprint density at radius 2 is 1.93 bits per heavy atom. The molecule has 0 saturated carbocycles. The van der Waals surface area contributed by atoms with E-state index in [0.29, 0.717) is 23.9 Å². The fourth-order valence-electron chi connectivity index (χ4n) is 3.67. The summed E-state index contributed by atoms with van der Waals surface area (Å²) in [4.78, 5) is 31.9. The third-order valence-corrected chi connectivity index (χ3v) is 5.91. The van der Waals surface area contributed by atoms with E-state index in [4.69, 9.17) is 0 Å². The highest BCUT2D eigenvalue weighted by Gasteiger charge is 2.26. The Morgan fingerprint density at radius 1 is 1.15 bits per heavy atom. The number of carbonyl (C=O) groups is 1. The summed E-state index contributed by atoms with van der Waals surface area (Å²) in [5.41, 5.74) is 1.65. The lowest BCUT2D eigenvalue weighted by Gasteiger charge is -2.33. The van der Waals surface area contributed by atoms with Crippen molar-refractivity contribution in [3.05, 3.63) is 75.2 Å². The maximum absolute atomic E-state index is 12.9. The summed E-state index contributed by atoms with van der Waals surface area (Å²) in [6.07, 6.45) is 3.74. The van der Waals surface area contributed by atoms with Crippen molar-refractivity contribution >= 4 is 32.7 Å². The number of aromatic nitrogens is 2. The van der Waals surface area contributed by atoms with Crippen LogP contribution >= 0.6 is 15.9 Å². The molecule has 1 fully saturated rings. The van der Waals surface area contributed by atoms with E-state index in [-0.39, 0.29) is 17.5 Å². The highest BCUT2D eigenvalue weighted by molar-refractivity contribution is 9.10. The normalized spacial score (nSPS) is 17.2. The number of carbonyl (C=O) groups excluding carboxylic acids is 1. The molecule has 138 valence electrons. The van der Waals surface area contributed by atoms with E-state index in [1.807, 2.05) is 47.4 Å². The van der Waals surface area contributed by atoms with Crippen molar-refractivity contribution in [3.63, 3.8) is 0 Å². The van der Waals surface area contributed by atoms with Crippen molar-refractivity contribution < 1.29 is 4.79 Å². The molecule has 1 amide bonds. The van der Waals surface area contributed by atoms with Crippen molar-refractivity contribution in [2.45, 2.75) is 25.3 Å². The van der Waals surface area contributed by atoms with Crippen molar-refractivity contribution in [1.82, 2.24) is 14.5 Å². The highest BCUT2D eigenvalue weighted by atomic mass is 79.9. The van der Waals surface area contributed by atoms with Crippen LogP contribution in [-0.2, 0) is 11.2 Å². The van der Waals surface area contributed by atoms with E-state index >= 15 is 0 Å². The van der Waals surface area contributed by atoms with Gasteiger partial charge < -0.3 is 4.90 Å². The molecule has 1 aliphatic rings. The van der Waals surface area contributed by atoms with Crippen LogP contribution < -0.4 is 5.56 Å². The Hall–Kier alpha value is -2.47. The van der Waals surface area contributed by atoms with Gasteiger partial charge in [0.25, 0.3) is 5.56 Å². The second-order valence-corrected chi connectivity index (χ2v) is 7.73. The summed E-state index contributed by atoms with van der Waals surface area (Å²) in [6.45, 7) is 1.28. The molecule has 0 radical (unpaired) electrons. The number of nitrogens with zero attached hydrogens (tertiary/aromatic N) is 3. The van der Waals surface area contributed by atoms with Crippen LogP contribution in [-0.4, -0.2) is 33.4 Å². The van der Waals surface area contributed by atoms with Crippen molar-refractivity contribution in [2.24, 2.45) is 0 Å². The number of likely N-dealkylation sites (tertiary alicyclic amines) is 1. The zero-order valence-electron chi connectivity index (χ0n) is 14.8. The maximum Gasteiger partial charge on any atom is 0.261 e. The molecule has 2 heterocycles. The minimum absolute atomic E-state index is 0.0356. The van der Waals surface area contributed by atoms with Gasteiger partial charge in [-0.3, -0.25) is 14.2 Å². The number of rotatable bonds is 3. The van der Waals surface area contributed by atoms with E-state index in [2.05, 4.69) is 20.9 Å². The first-order valence-corrected chi connectivity index (χ1v) is 9.90. The standard InChI is InChI=1S/C21H20BrN3O2/c22-18-9-3-1-6-15(18)12-20(26)24-11-5-7-16(13-24)25-14-23-19-10-4-2-8-17(19)21(25)27/h1-4,6,8-10,14,16H,5,7,11-13H2. The van der Waals surface area contributed by atoms with Gasteiger partial charge in [-0.2, -0.15) is 0 Å². The molecule has 0 bridgehead atoms. The van der Waals surface area contributed by atoms with Crippen LogP contribution in [0.15, 0.2) is 64.1 Å². The van der Waals surface area contributed by atoms with Gasteiger partial charge in [0.15, 0.2) is 0 Å². The average Bonchev–Trinajstić information content (AvgIpc) is 2.70. The van der Waals surface area contributed by atoms with Crippen LogP contribution in [0, 0.1) is 0 Å². The van der Waals surface area contributed by atoms with Crippen LogP contribution in [0.3, 0.4) is 0 Å². The molecular weight excluding hydrogens is 406 g/mol. The monoisotopic (exact) mass is 425 g/mol. The number of para-hydroxylation sites is 1. The molecule has 1 atom stereocenters. The highest BCUT2D eigenvalue weighted by Crippen LogP contribution is 2.23. The SMILES string of the molecule is O=C(Cc1ccccc1Br)N1CCCC(n2cnc3ccccc3c2=O)C1. The van der Waals surface area contributed by atoms with Gasteiger partial charge in [-0.15, -0.1) is 0 Å². The van der Waals surface area contributed by atoms with Gasteiger partial charge in [0.1, 0.15) is 0 Å². The zero-order chi connectivity index (χ0) is 18.8. The third kappa shape index (κ3) is 3.67. The minimum Gasteiger partial charge on any atom is -0.340 e. The number of hydrogen-bond acceptors (Lipinski definition) is 3. The van der Waals surface area contributed by atoms with Gasteiger partial charge in [-0.1, -0.05) is 46.3 Å². The quantitative estimate of drug-likeness (QED) is 0.644. The molecule has 1 saturated heterocycles. The number of amides is 1. The van der Waals surface area contributed by atoms with Crippen LogP contribution in [0.25, 0.3) is 10.9 Å². The molecule has 1 aromatic heterocycles. The number of fused-ring (bicyclic) bond motifs is 1. The van der Waals surface area contributed by atoms with Crippen molar-refractivity contribution in [3.8, 4) is 0 Å². The Morgan fingerprint density at radius 3 is 2.78 bits per heavy atom. The Bertz CT molecular complexity index is 1050. The smallest absolute Gasteiger partial charge is 0.261 e. The predicted molar refractivity (Wildman–Crippen MR) is 109 cm³/mol. The topological polar surface area (TPSA) is 55.2 Å². The van der Waals surface area contributed by atoms with E-state index in [1.54, 1.807) is 17.0 Å². The van der Waals surface area contributed by atoms with E-state index in [1.165, 1.54) is 0 Å². The molecule has 1 aliphatic heterocycles. The molecule has 6 heteroatoms. The minimum atomic E-state index is -0.0364. The zero-order valence-corrected chi connectivity index (χ0v) is 16.4. The lowest BCUT2D eigenvalue weighted by molar-refractivity contribution is -0.132. The van der Waals surface area contributed by atoms with Crippen LogP contribution in [0.2, 0.25) is 0 Å². The van der Waals surface area contributed by atoms with E-state index < -0.39 is 0 Å². The number of halogens is 1. The third-order valence-electron chi connectivity index (χ3n) is 5.13. The fourth-order valence-corrected chi connectivity index (χ4v) is 4.09. The molecule has 5 nitrogen and oxygen atoms in total. The van der Waals surface area contributed by atoms with Gasteiger partial charge in [0.05, 0.1) is 29.7 Å². The fraction of sp³-hybridized carbons (Fsp3) is 0.286. The summed E-state index contributed by atoms with van der Waals surface area (Å²) in [6, 6.07) is 15.1. The summed E-state index contributed by atoms with van der Waals surface area (Å²) in [7, 11) is 0. The van der Waals surface area contributed by atoms with Gasteiger partial charge in [0, 0.05) is 17.6 Å². The summed E-state index contributed by atoms with van der Waals surface area (Å²) < 4.78 is 2.64. The molecule has 3 aromatic rings. The second kappa shape index (κ2) is 7.64. The Balaban J connectivity index is 1.55. The van der Waals surface area contributed by atoms with Crippen molar-refractivity contribution in [2.75, 3.05) is 13.1 Å². The van der Waals surface area contributed by atoms with E-state index in [0.717, 1.165) is 29.4 Å². The molecule has 4 rings (SSSR count). The second-order valence-electron chi connectivity index (χ2n) is 6.88. The average molecular weight is 426 g/mol. The van der Waals surface area contributed by atoms with Gasteiger partial charge in [-0.05, 0) is 36.6 Å². The van der Waals surface area contributed by atoms with Gasteiger partial charge in [0.2, 0.25) is 5.91 Å². The first kappa shape index (κ1) is 17.9. The number of hydrogen-bond donors (Lipinski definition) is 0. The summed E-state index contributed by atoms with van der Waals surface area (Å²) in [5, 5.41) is 0.622. The van der Waals surface area contributed by atoms with Crippen LogP contribution in [0.4, 0.5) is 0 Å². The molecule has 0 spiro atoms. The molecule has 0 N–H and O–H groups in total. The lowest BCUT2D eigenvalue weighted by atomic mass is 10.0. The predicted octanol–water partition coefficient (Wildman–Crippen LogP) is 3.57. The summed E-state index contributed by atoms with van der Waals surface area (Å²) in [5.74, 6) is 0.0911. The first-order chi connectivity index (χ1) is 13.1. The van der Waals surface area contributed by atoms with Crippen molar-refractivity contribution in [1.29, 1.82) is 0 Å². The molecule has 1 unspecified atom stereocenters. The number of piperidine rings is 1. The lowest BCUT2D eigenvalue weighted by Crippen LogP contribution is -2.43. The molecule has 27 heavy (non-hydrogen) atoms. The Labute approximate surface area is 165 Å². The summed E-state index contributed by atoms with van der Waals surface area (Å²) >= 11 is 3.51. The molecular formula is C21H20BrN3O2. The molecule has 0 aliphatic carbocycles. The van der Waals surface area contributed by atoms with Crippen LogP contribution in [0.1, 0.15) is 24.4 Å². The first-order valence-electron chi connectivity index (χ1n) is 9.10. The van der Waals surface area contributed by atoms with Gasteiger partial charge in [-0.25, -0.2) is 4.98 Å².